The molecule has 0 bridgehead atoms. The number of aromatic nitrogens is 4. The number of rotatable bonds is 5. The van der Waals surface area contributed by atoms with Crippen LogP contribution in [0.1, 0.15) is 57.4 Å². The molecule has 2 aromatic rings. The molecule has 2 aromatic heterocycles. The quantitative estimate of drug-likeness (QED) is 0.827. The Morgan fingerprint density at radius 2 is 1.79 bits per heavy atom. The van der Waals surface area contributed by atoms with E-state index in [4.69, 9.17) is 0 Å². The number of hydrogen-bond donors (Lipinski definition) is 1. The van der Waals surface area contributed by atoms with E-state index in [1.807, 2.05) is 23.1 Å². The van der Waals surface area contributed by atoms with Gasteiger partial charge >= 0.3 is 0 Å². The van der Waals surface area contributed by atoms with Crippen molar-refractivity contribution in [3.63, 3.8) is 0 Å². The minimum absolute atomic E-state index is 0.0152. The van der Waals surface area contributed by atoms with Crippen molar-refractivity contribution in [1.29, 1.82) is 0 Å². The highest BCUT2D eigenvalue weighted by atomic mass is 32.2. The van der Waals surface area contributed by atoms with Crippen LogP contribution in [0, 0.1) is 0 Å². The van der Waals surface area contributed by atoms with E-state index >= 15 is 0 Å². The zero-order chi connectivity index (χ0) is 19.4. The minimum atomic E-state index is -3.37. The summed E-state index contributed by atoms with van der Waals surface area (Å²) >= 11 is 0. The first-order chi connectivity index (χ1) is 13.6. The summed E-state index contributed by atoms with van der Waals surface area (Å²) < 4.78 is 32.0. The van der Waals surface area contributed by atoms with Gasteiger partial charge in [0.1, 0.15) is 6.33 Å². The van der Waals surface area contributed by atoms with Crippen molar-refractivity contribution >= 4 is 10.2 Å². The van der Waals surface area contributed by atoms with Gasteiger partial charge in [-0.2, -0.15) is 22.5 Å². The average molecular weight is 405 g/mol. The van der Waals surface area contributed by atoms with Crippen LogP contribution >= 0.6 is 0 Å². The highest BCUT2D eigenvalue weighted by Crippen LogP contribution is 2.30. The molecule has 2 fully saturated rings. The average Bonchev–Trinajstić information content (AvgIpc) is 3.03. The van der Waals surface area contributed by atoms with Gasteiger partial charge in [-0.15, -0.1) is 0 Å². The van der Waals surface area contributed by atoms with Crippen molar-refractivity contribution in [2.75, 3.05) is 13.1 Å². The van der Waals surface area contributed by atoms with Gasteiger partial charge in [0, 0.05) is 37.1 Å². The van der Waals surface area contributed by atoms with Gasteiger partial charge in [-0.1, -0.05) is 12.8 Å². The Hall–Kier alpha value is -1.84. The molecule has 1 saturated carbocycles. The maximum atomic E-state index is 12.7. The molecule has 0 radical (unpaired) electrons. The Bertz CT molecular complexity index is 854. The fourth-order valence-corrected chi connectivity index (χ4v) is 5.70. The summed E-state index contributed by atoms with van der Waals surface area (Å²) in [5.41, 5.74) is 1.84. The second-order valence-electron chi connectivity index (χ2n) is 7.75. The van der Waals surface area contributed by atoms with Crippen LogP contribution in [-0.4, -0.2) is 51.6 Å². The van der Waals surface area contributed by atoms with Gasteiger partial charge < -0.3 is 0 Å². The van der Waals surface area contributed by atoms with Crippen molar-refractivity contribution in [1.82, 2.24) is 28.8 Å². The van der Waals surface area contributed by atoms with Gasteiger partial charge in [0.05, 0.1) is 17.9 Å². The molecule has 0 aromatic carbocycles. The molecule has 2 aliphatic rings. The second kappa shape index (κ2) is 8.67. The summed E-state index contributed by atoms with van der Waals surface area (Å²) in [5.74, 6) is 0. The predicted molar refractivity (Wildman–Crippen MR) is 107 cm³/mol. The predicted octanol–water partition coefficient (Wildman–Crippen LogP) is 2.53. The van der Waals surface area contributed by atoms with Gasteiger partial charge in [-0.3, -0.25) is 4.68 Å². The summed E-state index contributed by atoms with van der Waals surface area (Å²) in [4.78, 5) is 8.21. The Morgan fingerprint density at radius 3 is 2.46 bits per heavy atom. The zero-order valence-corrected chi connectivity index (χ0v) is 16.9. The highest BCUT2D eigenvalue weighted by Gasteiger charge is 2.29. The number of nitrogens with zero attached hydrogens (tertiary/aromatic N) is 5. The number of hydrogen-bond acceptors (Lipinski definition) is 5. The van der Waals surface area contributed by atoms with Gasteiger partial charge in [0.25, 0.3) is 10.2 Å². The Morgan fingerprint density at radius 1 is 1.04 bits per heavy atom. The van der Waals surface area contributed by atoms with Crippen LogP contribution in [0.4, 0.5) is 0 Å². The lowest BCUT2D eigenvalue weighted by Gasteiger charge is -2.31. The summed E-state index contributed by atoms with van der Waals surface area (Å²) in [6, 6.07) is 2.19. The molecular formula is C19H28N6O2S. The van der Waals surface area contributed by atoms with Crippen LogP contribution in [0.25, 0.3) is 11.3 Å². The minimum Gasteiger partial charge on any atom is -0.269 e. The third-order valence-corrected chi connectivity index (χ3v) is 7.45. The molecule has 0 atom stereocenters. The fraction of sp³-hybridized carbons (Fsp3) is 0.632. The van der Waals surface area contributed by atoms with Crippen molar-refractivity contribution in [2.24, 2.45) is 0 Å². The van der Waals surface area contributed by atoms with Crippen LogP contribution in [0.5, 0.6) is 0 Å². The first-order valence-electron chi connectivity index (χ1n) is 10.2. The van der Waals surface area contributed by atoms with E-state index in [0.29, 0.717) is 19.1 Å². The SMILES string of the molecule is O=S(=O)(NC1CCC(n2cc(-c3ccncn3)cn2)CC1)N1CCCCCC1. The fourth-order valence-electron chi connectivity index (χ4n) is 4.16. The third-order valence-electron chi connectivity index (χ3n) is 5.77. The van der Waals surface area contributed by atoms with Crippen LogP contribution in [-0.2, 0) is 10.2 Å². The van der Waals surface area contributed by atoms with Crippen molar-refractivity contribution in [3.05, 3.63) is 31.0 Å². The smallest absolute Gasteiger partial charge is 0.269 e. The molecule has 8 nitrogen and oxygen atoms in total. The molecule has 1 N–H and O–H groups in total. The Labute approximate surface area is 166 Å². The molecule has 28 heavy (non-hydrogen) atoms. The summed E-state index contributed by atoms with van der Waals surface area (Å²) in [5, 5.41) is 4.51. The van der Waals surface area contributed by atoms with E-state index in [1.54, 1.807) is 10.5 Å². The van der Waals surface area contributed by atoms with E-state index in [9.17, 15) is 8.42 Å². The third kappa shape index (κ3) is 4.59. The molecule has 4 rings (SSSR count). The first-order valence-corrected chi connectivity index (χ1v) is 11.6. The highest BCUT2D eigenvalue weighted by molar-refractivity contribution is 7.87. The first kappa shape index (κ1) is 19.5. The Kier molecular flexibility index (Phi) is 6.03. The molecule has 152 valence electrons. The van der Waals surface area contributed by atoms with E-state index in [-0.39, 0.29) is 6.04 Å². The van der Waals surface area contributed by atoms with Gasteiger partial charge in [-0.25, -0.2) is 9.97 Å². The zero-order valence-electron chi connectivity index (χ0n) is 16.1. The number of nitrogens with one attached hydrogen (secondary N) is 1. The van der Waals surface area contributed by atoms with E-state index < -0.39 is 10.2 Å². The van der Waals surface area contributed by atoms with Crippen LogP contribution in [0.3, 0.4) is 0 Å². The van der Waals surface area contributed by atoms with Gasteiger partial charge in [0.15, 0.2) is 0 Å². The molecule has 0 amide bonds. The standard InChI is InChI=1S/C19H28N6O2S/c26-28(27,24-11-3-1-2-4-12-24)23-17-5-7-18(8-6-17)25-14-16(13-22-25)19-9-10-20-15-21-19/h9-10,13-15,17-18,23H,1-8,11-12H2. The van der Waals surface area contributed by atoms with Gasteiger partial charge in [-0.05, 0) is 44.6 Å². The maximum Gasteiger partial charge on any atom is 0.279 e. The molecule has 3 heterocycles. The van der Waals surface area contributed by atoms with Crippen LogP contribution in [0.15, 0.2) is 31.0 Å². The normalized spacial score (nSPS) is 24.7. The Balaban J connectivity index is 1.33. The lowest BCUT2D eigenvalue weighted by Crippen LogP contribution is -2.46. The van der Waals surface area contributed by atoms with E-state index in [2.05, 4.69) is 19.8 Å². The maximum absolute atomic E-state index is 12.7. The van der Waals surface area contributed by atoms with E-state index in [1.165, 1.54) is 6.33 Å². The molecular weight excluding hydrogens is 376 g/mol. The summed E-state index contributed by atoms with van der Waals surface area (Å²) in [6.07, 6.45) is 14.8. The lowest BCUT2D eigenvalue weighted by molar-refractivity contribution is 0.289. The molecule has 1 aliphatic heterocycles. The second-order valence-corrected chi connectivity index (χ2v) is 9.45. The largest absolute Gasteiger partial charge is 0.279 e. The van der Waals surface area contributed by atoms with Crippen molar-refractivity contribution in [2.45, 2.75) is 63.5 Å². The lowest BCUT2D eigenvalue weighted by atomic mass is 9.92. The molecule has 1 aliphatic carbocycles. The summed E-state index contributed by atoms with van der Waals surface area (Å²) in [6.45, 7) is 1.29. The molecule has 1 saturated heterocycles. The van der Waals surface area contributed by atoms with Crippen molar-refractivity contribution in [3.8, 4) is 11.3 Å². The van der Waals surface area contributed by atoms with Gasteiger partial charge in [0.2, 0.25) is 0 Å². The van der Waals surface area contributed by atoms with Crippen LogP contribution < -0.4 is 4.72 Å². The molecule has 0 spiro atoms. The van der Waals surface area contributed by atoms with Crippen LogP contribution in [0.2, 0.25) is 0 Å². The van der Waals surface area contributed by atoms with Crippen molar-refractivity contribution < 1.29 is 8.42 Å². The van der Waals surface area contributed by atoms with E-state index in [0.717, 1.165) is 62.6 Å². The molecule has 9 heteroatoms. The molecule has 0 unspecified atom stereocenters. The topological polar surface area (TPSA) is 93.0 Å². The summed E-state index contributed by atoms with van der Waals surface area (Å²) in [7, 11) is -3.37. The monoisotopic (exact) mass is 404 g/mol.